The van der Waals surface area contributed by atoms with Gasteiger partial charge in [0.2, 0.25) is 5.95 Å². The number of para-hydroxylation sites is 1. The highest BCUT2D eigenvalue weighted by molar-refractivity contribution is 7.21. The molecule has 8 heteroatoms. The lowest BCUT2D eigenvalue weighted by Crippen LogP contribution is -2.36. The van der Waals surface area contributed by atoms with E-state index in [0.717, 1.165) is 39.4 Å². The summed E-state index contributed by atoms with van der Waals surface area (Å²) in [6.45, 7) is 2.92. The van der Waals surface area contributed by atoms with Crippen LogP contribution in [0, 0.1) is 18.8 Å². The Morgan fingerprint density at radius 1 is 1.13 bits per heavy atom. The lowest BCUT2D eigenvalue weighted by Gasteiger charge is -2.26. The molecule has 4 N–H and O–H groups in total. The Morgan fingerprint density at radius 2 is 1.97 bits per heavy atom. The van der Waals surface area contributed by atoms with E-state index in [1.165, 1.54) is 12.8 Å². The molecule has 2 heterocycles. The predicted octanol–water partition coefficient (Wildman–Crippen LogP) is 3.78. The molecule has 2 saturated carbocycles. The third kappa shape index (κ3) is 3.99. The van der Waals surface area contributed by atoms with Crippen molar-refractivity contribution >= 4 is 33.3 Å². The summed E-state index contributed by atoms with van der Waals surface area (Å²) >= 11 is 1.60. The number of thiazole rings is 1. The van der Waals surface area contributed by atoms with Crippen molar-refractivity contribution in [1.82, 2.24) is 15.0 Å². The van der Waals surface area contributed by atoms with Crippen molar-refractivity contribution < 1.29 is 10.2 Å². The van der Waals surface area contributed by atoms with Gasteiger partial charge >= 0.3 is 0 Å². The summed E-state index contributed by atoms with van der Waals surface area (Å²) in [5, 5.41) is 28.1. The number of aliphatic hydroxyl groups excluding tert-OH is 1. The number of anilines is 2. The average molecular weight is 426 g/mol. The number of hydrogen-bond acceptors (Lipinski definition) is 8. The third-order valence-corrected chi connectivity index (χ3v) is 7.10. The second-order valence-corrected chi connectivity index (χ2v) is 9.65. The van der Waals surface area contributed by atoms with Crippen molar-refractivity contribution in [3.05, 3.63) is 30.0 Å². The first-order chi connectivity index (χ1) is 14.5. The number of rotatable bonds is 7. The summed E-state index contributed by atoms with van der Waals surface area (Å²) in [7, 11) is 0. The van der Waals surface area contributed by atoms with Crippen LogP contribution in [-0.2, 0) is 0 Å². The molecule has 7 nitrogen and oxygen atoms in total. The number of nitrogens with one attached hydrogen (secondary N) is 2. The van der Waals surface area contributed by atoms with E-state index in [1.807, 2.05) is 25.1 Å². The minimum absolute atomic E-state index is 0.0890. The smallest absolute Gasteiger partial charge is 0.224 e. The Kier molecular flexibility index (Phi) is 5.08. The monoisotopic (exact) mass is 425 g/mol. The molecule has 0 unspecified atom stereocenters. The van der Waals surface area contributed by atoms with Gasteiger partial charge in [0.05, 0.1) is 21.5 Å². The molecule has 2 fully saturated rings. The van der Waals surface area contributed by atoms with Crippen LogP contribution in [0.5, 0.6) is 0 Å². The first-order valence-corrected chi connectivity index (χ1v) is 11.4. The minimum Gasteiger partial charge on any atom is -0.396 e. The Morgan fingerprint density at radius 3 is 2.70 bits per heavy atom. The second kappa shape index (κ2) is 7.76. The van der Waals surface area contributed by atoms with Crippen LogP contribution < -0.4 is 10.6 Å². The zero-order valence-electron chi connectivity index (χ0n) is 17.1. The maximum absolute atomic E-state index is 11.1. The highest BCUT2D eigenvalue weighted by Gasteiger charge is 2.38. The van der Waals surface area contributed by atoms with E-state index < -0.39 is 5.72 Å². The molecule has 0 bridgehead atoms. The summed E-state index contributed by atoms with van der Waals surface area (Å²) in [6, 6.07) is 8.05. The van der Waals surface area contributed by atoms with Crippen molar-refractivity contribution in [2.45, 2.75) is 44.8 Å². The minimum atomic E-state index is -1.09. The molecule has 0 spiro atoms. The number of nitrogens with zero attached hydrogens (tertiary/aromatic N) is 3. The maximum atomic E-state index is 11.1. The van der Waals surface area contributed by atoms with Crippen molar-refractivity contribution in [2.75, 3.05) is 23.8 Å². The molecule has 30 heavy (non-hydrogen) atoms. The molecule has 1 aromatic carbocycles. The van der Waals surface area contributed by atoms with Gasteiger partial charge in [0.15, 0.2) is 0 Å². The van der Waals surface area contributed by atoms with E-state index in [0.29, 0.717) is 30.5 Å². The van der Waals surface area contributed by atoms with E-state index in [4.69, 9.17) is 15.0 Å². The third-order valence-electron chi connectivity index (χ3n) is 6.05. The molecule has 0 amide bonds. The number of aromatic nitrogens is 3. The normalized spacial score (nSPS) is 23.8. The van der Waals surface area contributed by atoms with Gasteiger partial charge in [-0.1, -0.05) is 12.1 Å². The van der Waals surface area contributed by atoms with Gasteiger partial charge in [-0.2, -0.15) is 4.98 Å². The van der Waals surface area contributed by atoms with Crippen LogP contribution in [0.4, 0.5) is 11.8 Å². The van der Waals surface area contributed by atoms with E-state index in [9.17, 15) is 10.2 Å². The Hall–Kier alpha value is -2.29. The summed E-state index contributed by atoms with van der Waals surface area (Å²) in [5.74, 6) is 1.98. The highest BCUT2D eigenvalue weighted by atomic mass is 32.1. The van der Waals surface area contributed by atoms with E-state index >= 15 is 0 Å². The molecular weight excluding hydrogens is 398 g/mol. The molecule has 3 aromatic rings. The fraction of sp³-hybridized carbons (Fsp3) is 0.500. The van der Waals surface area contributed by atoms with Crippen molar-refractivity contribution in [1.29, 1.82) is 0 Å². The van der Waals surface area contributed by atoms with Gasteiger partial charge in [-0.15, -0.1) is 11.3 Å². The topological polar surface area (TPSA) is 103 Å². The predicted molar refractivity (Wildman–Crippen MR) is 120 cm³/mol. The molecular formula is C22H27N5O2S. The summed E-state index contributed by atoms with van der Waals surface area (Å²) in [6.07, 6.45) is 4.36. The number of hydrogen-bond donors (Lipinski definition) is 4. The van der Waals surface area contributed by atoms with Crippen LogP contribution >= 0.6 is 11.3 Å². The summed E-state index contributed by atoms with van der Waals surface area (Å²) < 4.78 is 1.11. The van der Waals surface area contributed by atoms with Crippen LogP contribution in [0.1, 0.15) is 37.8 Å². The standard InChI is InChI=1S/C22H27N5O2S/c1-13-18(20-25-16-4-2-3-5-17(16)30-20)19(26-21(24-13)23-11-14-6-7-14)27-22(29)9-8-15(10-22)12-28/h2-5,14-15,28-29H,6-12H2,1H3,(H2,23,24,26,27)/t15-,22-/m0/s1. The average Bonchev–Trinajstić information content (AvgIpc) is 3.34. The Balaban J connectivity index is 1.53. The van der Waals surface area contributed by atoms with Gasteiger partial charge in [-0.25, -0.2) is 9.97 Å². The van der Waals surface area contributed by atoms with Gasteiger partial charge < -0.3 is 20.8 Å². The fourth-order valence-corrected chi connectivity index (χ4v) is 5.21. The molecule has 2 aliphatic carbocycles. The Labute approximate surface area is 179 Å². The van der Waals surface area contributed by atoms with E-state index in [2.05, 4.69) is 16.7 Å². The number of aliphatic hydroxyl groups is 2. The zero-order chi connectivity index (χ0) is 20.7. The molecule has 2 aliphatic rings. The van der Waals surface area contributed by atoms with Gasteiger partial charge in [0, 0.05) is 13.2 Å². The van der Waals surface area contributed by atoms with Crippen molar-refractivity contribution in [3.8, 4) is 10.6 Å². The zero-order valence-corrected chi connectivity index (χ0v) is 17.9. The molecule has 0 saturated heterocycles. The van der Waals surface area contributed by atoms with Crippen LogP contribution in [0.3, 0.4) is 0 Å². The molecule has 0 radical (unpaired) electrons. The lowest BCUT2D eigenvalue weighted by molar-refractivity contribution is 0.0683. The van der Waals surface area contributed by atoms with Gasteiger partial charge in [-0.3, -0.25) is 0 Å². The fourth-order valence-electron chi connectivity index (χ4n) is 4.15. The quantitative estimate of drug-likeness (QED) is 0.427. The molecule has 2 atom stereocenters. The first kappa shape index (κ1) is 19.7. The summed E-state index contributed by atoms with van der Waals surface area (Å²) in [4.78, 5) is 14.2. The largest absolute Gasteiger partial charge is 0.396 e. The van der Waals surface area contributed by atoms with Crippen LogP contribution in [0.25, 0.3) is 20.8 Å². The highest BCUT2D eigenvalue weighted by Crippen LogP contribution is 2.40. The van der Waals surface area contributed by atoms with Crippen molar-refractivity contribution in [2.24, 2.45) is 11.8 Å². The lowest BCUT2D eigenvalue weighted by atomic mass is 10.1. The Bertz CT molecular complexity index is 1030. The molecule has 2 aromatic heterocycles. The number of fused-ring (bicyclic) bond motifs is 1. The van der Waals surface area contributed by atoms with E-state index in [1.54, 1.807) is 11.3 Å². The molecule has 5 rings (SSSR count). The van der Waals surface area contributed by atoms with Crippen LogP contribution in [-0.4, -0.2) is 44.0 Å². The van der Waals surface area contributed by atoms with Gasteiger partial charge in [-0.05, 0) is 63.0 Å². The molecule has 158 valence electrons. The van der Waals surface area contributed by atoms with Gasteiger partial charge in [0.25, 0.3) is 0 Å². The van der Waals surface area contributed by atoms with Crippen molar-refractivity contribution in [3.63, 3.8) is 0 Å². The van der Waals surface area contributed by atoms with Gasteiger partial charge in [0.1, 0.15) is 16.6 Å². The first-order valence-electron chi connectivity index (χ1n) is 10.6. The van der Waals surface area contributed by atoms with Crippen LogP contribution in [0.15, 0.2) is 24.3 Å². The molecule has 0 aliphatic heterocycles. The number of aryl methyl sites for hydroxylation is 1. The SMILES string of the molecule is Cc1nc(NCC2CC2)nc(N[C@]2(O)CC[C@H](CO)C2)c1-c1nc2ccccc2s1. The number of benzene rings is 1. The van der Waals surface area contributed by atoms with Crippen LogP contribution in [0.2, 0.25) is 0 Å². The van der Waals surface area contributed by atoms with E-state index in [-0.39, 0.29) is 12.5 Å². The second-order valence-electron chi connectivity index (χ2n) is 8.62. The summed E-state index contributed by atoms with van der Waals surface area (Å²) in [5.41, 5.74) is 1.51. The maximum Gasteiger partial charge on any atom is 0.224 e.